The summed E-state index contributed by atoms with van der Waals surface area (Å²) >= 11 is 5.88. The smallest absolute Gasteiger partial charge is 0.0858 e. The van der Waals surface area contributed by atoms with Crippen molar-refractivity contribution in [3.8, 4) is 0 Å². The van der Waals surface area contributed by atoms with Crippen molar-refractivity contribution in [2.75, 3.05) is 0 Å². The summed E-state index contributed by atoms with van der Waals surface area (Å²) in [6.45, 7) is 4.11. The highest BCUT2D eigenvalue weighted by Gasteiger charge is 2.29. The molecule has 0 radical (unpaired) electrons. The van der Waals surface area contributed by atoms with Gasteiger partial charge in [-0.15, -0.1) is 0 Å². The van der Waals surface area contributed by atoms with Gasteiger partial charge < -0.3 is 5.11 Å². The van der Waals surface area contributed by atoms with Crippen molar-refractivity contribution < 1.29 is 5.11 Å². The minimum atomic E-state index is -0.545. The van der Waals surface area contributed by atoms with Crippen molar-refractivity contribution in [3.05, 3.63) is 64.9 Å². The number of nitrogens with zero attached hydrogens (tertiary/aromatic N) is 1. The number of pyridine rings is 1. The normalized spacial score (nSPS) is 13.3. The van der Waals surface area contributed by atoms with Crippen LogP contribution >= 0.6 is 11.6 Å². The molecule has 2 rings (SSSR count). The number of hydrogen-bond acceptors (Lipinski definition) is 2. The highest BCUT2D eigenvalue weighted by Crippen LogP contribution is 2.36. The Hall–Kier alpha value is -1.38. The summed E-state index contributed by atoms with van der Waals surface area (Å²) in [6.07, 6.45) is 3.66. The van der Waals surface area contributed by atoms with E-state index in [9.17, 15) is 5.11 Å². The fourth-order valence-corrected chi connectivity index (χ4v) is 2.34. The molecule has 0 aliphatic rings. The molecule has 0 saturated heterocycles. The van der Waals surface area contributed by atoms with Crippen LogP contribution in [0.2, 0.25) is 5.02 Å². The SMILES string of the molecule is CC(C)(Cc1ccc(Cl)cc1)C(O)c1cccnc1. The molecule has 1 aromatic heterocycles. The Kier molecular flexibility index (Phi) is 4.23. The molecular formula is C16H18ClNO. The molecule has 1 unspecified atom stereocenters. The summed E-state index contributed by atoms with van der Waals surface area (Å²) in [6, 6.07) is 11.5. The zero-order valence-electron chi connectivity index (χ0n) is 11.2. The van der Waals surface area contributed by atoms with Crippen molar-refractivity contribution in [2.24, 2.45) is 5.41 Å². The predicted octanol–water partition coefficient (Wildman–Crippen LogP) is 4.04. The summed E-state index contributed by atoms with van der Waals surface area (Å²) in [4.78, 5) is 4.06. The zero-order valence-corrected chi connectivity index (χ0v) is 11.9. The van der Waals surface area contributed by atoms with Crippen LogP contribution in [0.3, 0.4) is 0 Å². The van der Waals surface area contributed by atoms with Crippen LogP contribution in [0, 0.1) is 5.41 Å². The maximum Gasteiger partial charge on any atom is 0.0858 e. The Balaban J connectivity index is 2.15. The molecule has 0 saturated carbocycles. The molecule has 2 nitrogen and oxygen atoms in total. The molecule has 0 amide bonds. The molecule has 0 spiro atoms. The number of benzene rings is 1. The number of rotatable bonds is 4. The van der Waals surface area contributed by atoms with Crippen molar-refractivity contribution >= 4 is 11.6 Å². The van der Waals surface area contributed by atoms with Crippen LogP contribution in [0.1, 0.15) is 31.1 Å². The lowest BCUT2D eigenvalue weighted by atomic mass is 9.78. The van der Waals surface area contributed by atoms with E-state index in [2.05, 4.69) is 18.8 Å². The van der Waals surface area contributed by atoms with E-state index in [1.165, 1.54) is 0 Å². The molecular weight excluding hydrogens is 258 g/mol. The maximum absolute atomic E-state index is 10.5. The molecule has 1 N–H and O–H groups in total. The molecule has 1 heterocycles. The minimum Gasteiger partial charge on any atom is -0.388 e. The standard InChI is InChI=1S/C16H18ClNO/c1-16(2,10-12-5-7-14(17)8-6-12)15(19)13-4-3-9-18-11-13/h3-9,11,15,19H,10H2,1-2H3. The first-order chi connectivity index (χ1) is 8.99. The second-order valence-electron chi connectivity index (χ2n) is 5.48. The number of hydrogen-bond donors (Lipinski definition) is 1. The van der Waals surface area contributed by atoms with Crippen LogP contribution in [0.4, 0.5) is 0 Å². The van der Waals surface area contributed by atoms with Gasteiger partial charge in [-0.1, -0.05) is 43.6 Å². The summed E-state index contributed by atoms with van der Waals surface area (Å²) in [5.74, 6) is 0. The molecule has 0 bridgehead atoms. The van der Waals surface area contributed by atoms with Crippen LogP contribution in [-0.4, -0.2) is 10.1 Å². The third-order valence-electron chi connectivity index (χ3n) is 3.31. The van der Waals surface area contributed by atoms with Gasteiger partial charge in [-0.25, -0.2) is 0 Å². The number of aromatic nitrogens is 1. The van der Waals surface area contributed by atoms with Crippen LogP contribution in [0.15, 0.2) is 48.8 Å². The van der Waals surface area contributed by atoms with Crippen LogP contribution in [0.5, 0.6) is 0 Å². The monoisotopic (exact) mass is 275 g/mol. The molecule has 0 aliphatic heterocycles. The highest BCUT2D eigenvalue weighted by atomic mass is 35.5. The van der Waals surface area contributed by atoms with E-state index in [4.69, 9.17) is 11.6 Å². The molecule has 3 heteroatoms. The Bertz CT molecular complexity index is 522. The quantitative estimate of drug-likeness (QED) is 0.914. The summed E-state index contributed by atoms with van der Waals surface area (Å²) in [7, 11) is 0. The summed E-state index contributed by atoms with van der Waals surface area (Å²) < 4.78 is 0. The largest absolute Gasteiger partial charge is 0.388 e. The minimum absolute atomic E-state index is 0.267. The van der Waals surface area contributed by atoms with Gasteiger partial charge in [0.2, 0.25) is 0 Å². The molecule has 19 heavy (non-hydrogen) atoms. The molecule has 100 valence electrons. The summed E-state index contributed by atoms with van der Waals surface area (Å²) in [5, 5.41) is 11.2. The van der Waals surface area contributed by atoms with Gasteiger partial charge in [0.15, 0.2) is 0 Å². The van der Waals surface area contributed by atoms with Gasteiger partial charge >= 0.3 is 0 Å². The molecule has 0 aliphatic carbocycles. The van der Waals surface area contributed by atoms with Gasteiger partial charge in [0.1, 0.15) is 0 Å². The Morgan fingerprint density at radius 1 is 1.21 bits per heavy atom. The first-order valence-electron chi connectivity index (χ1n) is 6.31. The van der Waals surface area contributed by atoms with Gasteiger partial charge in [-0.3, -0.25) is 4.98 Å². The lowest BCUT2D eigenvalue weighted by Crippen LogP contribution is -2.24. The molecule has 0 fully saturated rings. The van der Waals surface area contributed by atoms with Gasteiger partial charge in [-0.2, -0.15) is 0 Å². The van der Waals surface area contributed by atoms with Crippen molar-refractivity contribution in [3.63, 3.8) is 0 Å². The van der Waals surface area contributed by atoms with Crippen molar-refractivity contribution in [1.82, 2.24) is 4.98 Å². The molecule has 2 aromatic rings. The van der Waals surface area contributed by atoms with Gasteiger partial charge in [0, 0.05) is 17.4 Å². The Morgan fingerprint density at radius 3 is 2.47 bits per heavy atom. The fraction of sp³-hybridized carbons (Fsp3) is 0.312. The lowest BCUT2D eigenvalue weighted by Gasteiger charge is -2.31. The third kappa shape index (κ3) is 3.55. The zero-order chi connectivity index (χ0) is 13.9. The second-order valence-corrected chi connectivity index (χ2v) is 5.92. The molecule has 1 atom stereocenters. The van der Waals surface area contributed by atoms with E-state index < -0.39 is 6.10 Å². The number of halogens is 1. The maximum atomic E-state index is 10.5. The van der Waals surface area contributed by atoms with Gasteiger partial charge in [0.05, 0.1) is 6.10 Å². The highest BCUT2D eigenvalue weighted by molar-refractivity contribution is 6.30. The lowest BCUT2D eigenvalue weighted by molar-refractivity contribution is 0.0492. The van der Waals surface area contributed by atoms with E-state index in [1.54, 1.807) is 12.4 Å². The number of aliphatic hydroxyl groups excluding tert-OH is 1. The first-order valence-corrected chi connectivity index (χ1v) is 6.69. The average molecular weight is 276 g/mol. The van der Waals surface area contributed by atoms with E-state index in [1.807, 2.05) is 36.4 Å². The second kappa shape index (κ2) is 5.72. The topological polar surface area (TPSA) is 33.1 Å². The first kappa shape index (κ1) is 14.0. The predicted molar refractivity (Wildman–Crippen MR) is 78.1 cm³/mol. The summed E-state index contributed by atoms with van der Waals surface area (Å²) in [5.41, 5.74) is 1.75. The molecule has 1 aromatic carbocycles. The van der Waals surface area contributed by atoms with Crippen LogP contribution < -0.4 is 0 Å². The van der Waals surface area contributed by atoms with Gasteiger partial charge in [0.25, 0.3) is 0 Å². The van der Waals surface area contributed by atoms with E-state index >= 15 is 0 Å². The van der Waals surface area contributed by atoms with Crippen molar-refractivity contribution in [1.29, 1.82) is 0 Å². The van der Waals surface area contributed by atoms with Crippen molar-refractivity contribution in [2.45, 2.75) is 26.4 Å². The van der Waals surface area contributed by atoms with E-state index in [-0.39, 0.29) is 5.41 Å². The Labute approximate surface area is 119 Å². The van der Waals surface area contributed by atoms with Crippen LogP contribution in [0.25, 0.3) is 0 Å². The van der Waals surface area contributed by atoms with E-state index in [0.717, 1.165) is 22.6 Å². The fourth-order valence-electron chi connectivity index (χ4n) is 2.21. The third-order valence-corrected chi connectivity index (χ3v) is 3.57. The average Bonchev–Trinajstić information content (AvgIpc) is 2.41. The van der Waals surface area contributed by atoms with Gasteiger partial charge in [-0.05, 0) is 41.2 Å². The van der Waals surface area contributed by atoms with E-state index in [0.29, 0.717) is 0 Å². The van der Waals surface area contributed by atoms with Crippen LogP contribution in [-0.2, 0) is 6.42 Å². The Morgan fingerprint density at radius 2 is 1.89 bits per heavy atom. The number of aliphatic hydroxyl groups is 1.